The smallest absolute Gasteiger partial charge is 0.192 e. The van der Waals surface area contributed by atoms with Crippen LogP contribution in [0, 0.1) is 0 Å². The first-order valence-corrected chi connectivity index (χ1v) is 7.06. The molecule has 0 saturated heterocycles. The van der Waals surface area contributed by atoms with Gasteiger partial charge in [0.25, 0.3) is 0 Å². The predicted molar refractivity (Wildman–Crippen MR) is 74.3 cm³/mol. The van der Waals surface area contributed by atoms with Gasteiger partial charge < -0.3 is 4.57 Å². The molecule has 2 rings (SSSR count). The molecule has 4 heteroatoms. The quantitative estimate of drug-likeness (QED) is 0.773. The molecule has 0 radical (unpaired) electrons. The molecule has 0 aliphatic rings. The summed E-state index contributed by atoms with van der Waals surface area (Å²) in [5.74, 6) is 1.47. The maximum atomic E-state index is 12.2. The Balaban J connectivity index is 2.13. The molecule has 0 fully saturated rings. The van der Waals surface area contributed by atoms with Crippen molar-refractivity contribution in [3.63, 3.8) is 0 Å². The van der Waals surface area contributed by atoms with Crippen LogP contribution in [0.5, 0.6) is 0 Å². The second-order valence-corrected chi connectivity index (χ2v) is 5.78. The van der Waals surface area contributed by atoms with Crippen molar-refractivity contribution < 1.29 is 4.79 Å². The van der Waals surface area contributed by atoms with Gasteiger partial charge in [0.2, 0.25) is 0 Å². The lowest BCUT2D eigenvalue weighted by Crippen LogP contribution is -2.12. The van der Waals surface area contributed by atoms with Crippen molar-refractivity contribution in [2.75, 3.05) is 0 Å². The maximum absolute atomic E-state index is 12.2. The minimum atomic E-state index is 0.166. The summed E-state index contributed by atoms with van der Waals surface area (Å²) in [7, 11) is 0. The van der Waals surface area contributed by atoms with Gasteiger partial charge in [0, 0.05) is 23.2 Å². The van der Waals surface area contributed by atoms with Gasteiger partial charge in [0.05, 0.1) is 11.4 Å². The van der Waals surface area contributed by atoms with Gasteiger partial charge >= 0.3 is 0 Å². The van der Waals surface area contributed by atoms with Crippen LogP contribution >= 0.6 is 11.3 Å². The summed E-state index contributed by atoms with van der Waals surface area (Å²) in [6.07, 6.45) is 4.62. The molecule has 0 aromatic carbocycles. The first kappa shape index (κ1) is 13.0. The van der Waals surface area contributed by atoms with E-state index in [0.29, 0.717) is 12.5 Å². The number of aryl methyl sites for hydroxylation is 1. The molecule has 0 aliphatic carbocycles. The molecule has 0 unspecified atom stereocenters. The van der Waals surface area contributed by atoms with E-state index < -0.39 is 0 Å². The van der Waals surface area contributed by atoms with Gasteiger partial charge in [-0.15, -0.1) is 11.3 Å². The lowest BCUT2D eigenvalue weighted by molar-refractivity contribution is 0.0974. The fourth-order valence-electron chi connectivity index (χ4n) is 1.91. The van der Waals surface area contributed by atoms with Crippen molar-refractivity contribution in [3.8, 4) is 0 Å². The van der Waals surface area contributed by atoms with E-state index in [1.165, 1.54) is 4.88 Å². The predicted octanol–water partition coefficient (Wildman–Crippen LogP) is 3.51. The average molecular weight is 262 g/mol. The molecule has 0 atom stereocenters. The zero-order valence-corrected chi connectivity index (χ0v) is 11.8. The Kier molecular flexibility index (Phi) is 3.97. The summed E-state index contributed by atoms with van der Waals surface area (Å²) < 4.78 is 1.94. The number of rotatable bonds is 5. The second-order valence-electron chi connectivity index (χ2n) is 4.61. The summed E-state index contributed by atoms with van der Waals surface area (Å²) >= 11 is 1.59. The lowest BCUT2D eigenvalue weighted by atomic mass is 10.2. The largest absolute Gasteiger partial charge is 0.327 e. The number of hydrogen-bond acceptors (Lipinski definition) is 3. The van der Waals surface area contributed by atoms with Gasteiger partial charge in [-0.25, -0.2) is 4.98 Å². The monoisotopic (exact) mass is 262 g/mol. The minimum Gasteiger partial charge on any atom is -0.327 e. The van der Waals surface area contributed by atoms with Crippen LogP contribution in [0.2, 0.25) is 0 Å². The first-order chi connectivity index (χ1) is 8.61. The molecule has 3 nitrogen and oxygen atoms in total. The minimum absolute atomic E-state index is 0.166. The summed E-state index contributed by atoms with van der Waals surface area (Å²) in [4.78, 5) is 18.6. The maximum Gasteiger partial charge on any atom is 0.192 e. The Bertz CT molecular complexity index is 539. The number of nitrogens with zero attached hydrogens (tertiary/aromatic N) is 2. The van der Waals surface area contributed by atoms with E-state index in [9.17, 15) is 4.79 Å². The van der Waals surface area contributed by atoms with E-state index in [1.54, 1.807) is 17.5 Å². The topological polar surface area (TPSA) is 34.9 Å². The normalized spacial score (nSPS) is 11.1. The average Bonchev–Trinajstić information content (AvgIpc) is 2.96. The van der Waals surface area contributed by atoms with Crippen molar-refractivity contribution in [3.05, 3.63) is 40.1 Å². The fraction of sp³-hybridized carbons (Fsp3) is 0.429. The molecule has 0 amide bonds. The summed E-state index contributed by atoms with van der Waals surface area (Å²) in [6, 6.07) is 3.97. The number of carbonyl (C=O) groups is 1. The zero-order chi connectivity index (χ0) is 13.1. The van der Waals surface area contributed by atoms with Crippen LogP contribution in [0.25, 0.3) is 0 Å². The molecule has 0 aliphatic heterocycles. The number of aromatic nitrogens is 2. The van der Waals surface area contributed by atoms with E-state index in [2.05, 4.69) is 25.8 Å². The first-order valence-electron chi connectivity index (χ1n) is 6.24. The Morgan fingerprint density at radius 1 is 1.44 bits per heavy atom. The Hall–Kier alpha value is -1.42. The van der Waals surface area contributed by atoms with Crippen LogP contribution in [-0.2, 0) is 13.0 Å². The van der Waals surface area contributed by atoms with E-state index in [-0.39, 0.29) is 5.78 Å². The molecule has 0 N–H and O–H groups in total. The third-order valence-electron chi connectivity index (χ3n) is 2.86. The van der Waals surface area contributed by atoms with Gasteiger partial charge in [-0.2, -0.15) is 0 Å². The van der Waals surface area contributed by atoms with Gasteiger partial charge in [0.1, 0.15) is 5.82 Å². The highest BCUT2D eigenvalue weighted by atomic mass is 32.1. The number of hydrogen-bond donors (Lipinski definition) is 0. The highest BCUT2D eigenvalue weighted by Gasteiger charge is 2.13. The zero-order valence-electron chi connectivity index (χ0n) is 11.0. The van der Waals surface area contributed by atoms with Gasteiger partial charge in [-0.1, -0.05) is 20.8 Å². The van der Waals surface area contributed by atoms with Crippen molar-refractivity contribution in [1.82, 2.24) is 9.55 Å². The van der Waals surface area contributed by atoms with Gasteiger partial charge in [-0.3, -0.25) is 4.79 Å². The number of Topliss-reactive ketones (excluding diaryl/α,β-unsaturated/α-hetero) is 1. The second kappa shape index (κ2) is 5.48. The van der Waals surface area contributed by atoms with Gasteiger partial charge in [0.15, 0.2) is 5.78 Å². The van der Waals surface area contributed by atoms with Crippen molar-refractivity contribution in [1.29, 1.82) is 0 Å². The van der Waals surface area contributed by atoms with Gasteiger partial charge in [-0.05, 0) is 18.6 Å². The summed E-state index contributed by atoms with van der Waals surface area (Å²) in [6.45, 7) is 6.66. The summed E-state index contributed by atoms with van der Waals surface area (Å²) in [5.41, 5.74) is 0. The van der Waals surface area contributed by atoms with Crippen molar-refractivity contribution >= 4 is 17.1 Å². The summed E-state index contributed by atoms with van der Waals surface area (Å²) in [5, 5.41) is 0. The van der Waals surface area contributed by atoms with E-state index in [1.807, 2.05) is 22.9 Å². The third-order valence-corrected chi connectivity index (χ3v) is 4.13. The third kappa shape index (κ3) is 2.70. The molecule has 0 spiro atoms. The van der Waals surface area contributed by atoms with E-state index in [0.717, 1.165) is 17.1 Å². The molecule has 96 valence electrons. The van der Waals surface area contributed by atoms with E-state index >= 15 is 0 Å². The molecule has 0 bridgehead atoms. The van der Waals surface area contributed by atoms with Crippen LogP contribution in [0.4, 0.5) is 0 Å². The van der Waals surface area contributed by atoms with E-state index in [4.69, 9.17) is 0 Å². The van der Waals surface area contributed by atoms with Crippen molar-refractivity contribution in [2.45, 2.75) is 39.7 Å². The van der Waals surface area contributed by atoms with Crippen LogP contribution < -0.4 is 0 Å². The SMILES string of the molecule is CCc1ccc(C(=O)Cn2ccnc2C(C)C)s1. The molecule has 2 heterocycles. The lowest BCUT2D eigenvalue weighted by Gasteiger charge is -2.08. The number of thiophene rings is 1. The molecule has 0 saturated carbocycles. The highest BCUT2D eigenvalue weighted by Crippen LogP contribution is 2.19. The van der Waals surface area contributed by atoms with Crippen LogP contribution in [0.3, 0.4) is 0 Å². The Morgan fingerprint density at radius 2 is 2.22 bits per heavy atom. The van der Waals surface area contributed by atoms with Crippen LogP contribution in [0.1, 0.15) is 47.1 Å². The fourth-order valence-corrected chi connectivity index (χ4v) is 2.78. The Morgan fingerprint density at radius 3 is 2.83 bits per heavy atom. The number of carbonyl (C=O) groups excluding carboxylic acids is 1. The molecular formula is C14H18N2OS. The standard InChI is InChI=1S/C14H18N2OS/c1-4-11-5-6-13(18-11)12(17)9-16-8-7-15-14(16)10(2)3/h5-8,10H,4,9H2,1-3H3. The molecular weight excluding hydrogens is 244 g/mol. The molecule has 2 aromatic heterocycles. The van der Waals surface area contributed by atoms with Crippen molar-refractivity contribution in [2.24, 2.45) is 0 Å². The van der Waals surface area contributed by atoms with Crippen LogP contribution in [0.15, 0.2) is 24.5 Å². The molecule has 2 aromatic rings. The highest BCUT2D eigenvalue weighted by molar-refractivity contribution is 7.14. The number of imidazole rings is 1. The number of ketones is 1. The molecule has 18 heavy (non-hydrogen) atoms. The Labute approximate surface area is 111 Å². The van der Waals surface area contributed by atoms with Crippen LogP contribution in [-0.4, -0.2) is 15.3 Å².